The maximum Gasteiger partial charge on any atom is 0.243 e. The second-order valence-electron chi connectivity index (χ2n) is 4.21. The maximum atomic E-state index is 12.3. The van der Waals surface area contributed by atoms with E-state index in [4.69, 9.17) is 27.9 Å². The number of amides is 1. The molecule has 0 aliphatic carbocycles. The topological polar surface area (TPSA) is 75.7 Å². The van der Waals surface area contributed by atoms with Crippen LogP contribution >= 0.6 is 23.2 Å². The number of halogens is 2. The Morgan fingerprint density at radius 2 is 1.86 bits per heavy atom. The van der Waals surface area contributed by atoms with Crippen LogP contribution in [0.15, 0.2) is 23.1 Å². The summed E-state index contributed by atoms with van der Waals surface area (Å²) >= 11 is 11.6. The van der Waals surface area contributed by atoms with Crippen molar-refractivity contribution in [1.29, 1.82) is 0 Å². The van der Waals surface area contributed by atoms with Crippen LogP contribution in [0.3, 0.4) is 0 Å². The summed E-state index contributed by atoms with van der Waals surface area (Å²) < 4.78 is 30.3. The minimum atomic E-state index is -3.84. The van der Waals surface area contributed by atoms with Crippen LogP contribution in [0.2, 0.25) is 10.0 Å². The van der Waals surface area contributed by atoms with Crippen molar-refractivity contribution in [3.8, 4) is 0 Å². The number of nitrogens with zero attached hydrogens (tertiary/aromatic N) is 1. The number of carbonyl (C=O) groups is 1. The lowest BCUT2D eigenvalue weighted by molar-refractivity contribution is -0.121. The molecule has 1 amide bonds. The zero-order valence-corrected chi connectivity index (χ0v) is 13.9. The first kappa shape index (κ1) is 18.2. The summed E-state index contributed by atoms with van der Waals surface area (Å²) in [5, 5.41) is 2.95. The summed E-state index contributed by atoms with van der Waals surface area (Å²) in [6, 6.07) is 3.99. The molecule has 0 heterocycles. The Morgan fingerprint density at radius 1 is 1.29 bits per heavy atom. The SMILES string of the molecule is COCCNC(=O)CN(C)S(=O)(=O)c1cc(Cl)cc(Cl)c1. The minimum Gasteiger partial charge on any atom is -0.383 e. The average molecular weight is 355 g/mol. The van der Waals surface area contributed by atoms with Crippen molar-refractivity contribution in [2.45, 2.75) is 4.90 Å². The molecule has 1 rings (SSSR count). The molecule has 0 aliphatic heterocycles. The predicted molar refractivity (Wildman–Crippen MR) is 81.2 cm³/mol. The van der Waals surface area contributed by atoms with E-state index in [9.17, 15) is 13.2 Å². The molecule has 1 aromatic carbocycles. The Kier molecular flexibility index (Phi) is 6.89. The van der Waals surface area contributed by atoms with Crippen LogP contribution in [-0.2, 0) is 19.6 Å². The van der Waals surface area contributed by atoms with Crippen molar-refractivity contribution in [2.75, 3.05) is 33.9 Å². The molecule has 0 saturated heterocycles. The standard InChI is InChI=1S/C12H16Cl2N2O4S/c1-16(8-12(17)15-3-4-20-2)21(18,19)11-6-9(13)5-10(14)7-11/h5-7H,3-4,8H2,1-2H3,(H,15,17). The summed E-state index contributed by atoms with van der Waals surface area (Å²) in [6.45, 7) is 0.356. The first-order valence-corrected chi connectivity index (χ1v) is 8.15. The molecule has 6 nitrogen and oxygen atoms in total. The molecule has 0 bridgehead atoms. The van der Waals surface area contributed by atoms with Gasteiger partial charge in [-0.25, -0.2) is 8.42 Å². The molecule has 0 aromatic heterocycles. The lowest BCUT2D eigenvalue weighted by Crippen LogP contribution is -2.39. The van der Waals surface area contributed by atoms with Gasteiger partial charge in [0.15, 0.2) is 0 Å². The van der Waals surface area contributed by atoms with Gasteiger partial charge in [0.25, 0.3) is 0 Å². The summed E-state index contributed by atoms with van der Waals surface area (Å²) in [6.07, 6.45) is 0. The zero-order chi connectivity index (χ0) is 16.0. The maximum absolute atomic E-state index is 12.3. The van der Waals surface area contributed by atoms with Crippen molar-refractivity contribution >= 4 is 39.1 Å². The summed E-state index contributed by atoms with van der Waals surface area (Å²) in [7, 11) is -1.03. The van der Waals surface area contributed by atoms with E-state index >= 15 is 0 Å². The average Bonchev–Trinajstić information content (AvgIpc) is 2.37. The van der Waals surface area contributed by atoms with E-state index in [2.05, 4.69) is 5.32 Å². The predicted octanol–water partition coefficient (Wildman–Crippen LogP) is 1.38. The lowest BCUT2D eigenvalue weighted by Gasteiger charge is -2.17. The molecule has 0 fully saturated rings. The molecule has 0 radical (unpaired) electrons. The number of nitrogens with one attached hydrogen (secondary N) is 1. The van der Waals surface area contributed by atoms with Gasteiger partial charge in [-0.05, 0) is 18.2 Å². The zero-order valence-electron chi connectivity index (χ0n) is 11.6. The number of carbonyl (C=O) groups excluding carboxylic acids is 1. The first-order chi connectivity index (χ1) is 9.77. The van der Waals surface area contributed by atoms with Crippen LogP contribution in [-0.4, -0.2) is 52.5 Å². The van der Waals surface area contributed by atoms with Crippen LogP contribution < -0.4 is 5.32 Å². The van der Waals surface area contributed by atoms with Gasteiger partial charge in [0.2, 0.25) is 15.9 Å². The van der Waals surface area contributed by atoms with Crippen LogP contribution in [0.1, 0.15) is 0 Å². The Bertz CT molecular complexity index is 587. The second-order valence-corrected chi connectivity index (χ2v) is 7.13. The molecule has 9 heteroatoms. The molecule has 0 aliphatic rings. The molecule has 0 saturated carbocycles. The summed E-state index contributed by atoms with van der Waals surface area (Å²) in [5.74, 6) is -0.425. The molecule has 21 heavy (non-hydrogen) atoms. The van der Waals surface area contributed by atoms with Gasteiger partial charge in [0, 0.05) is 30.7 Å². The Hall–Kier alpha value is -0.860. The monoisotopic (exact) mass is 354 g/mol. The highest BCUT2D eigenvalue weighted by Gasteiger charge is 2.23. The third-order valence-electron chi connectivity index (χ3n) is 2.54. The number of rotatable bonds is 7. The minimum absolute atomic E-state index is 0.0628. The van der Waals surface area contributed by atoms with E-state index in [0.29, 0.717) is 13.2 Å². The van der Waals surface area contributed by atoms with Gasteiger partial charge < -0.3 is 10.1 Å². The van der Waals surface area contributed by atoms with Gasteiger partial charge in [0.05, 0.1) is 18.0 Å². The summed E-state index contributed by atoms with van der Waals surface area (Å²) in [5.41, 5.74) is 0. The molecule has 1 aromatic rings. The van der Waals surface area contributed by atoms with E-state index in [1.807, 2.05) is 0 Å². The van der Waals surface area contributed by atoms with Crippen molar-refractivity contribution in [2.24, 2.45) is 0 Å². The third-order valence-corrected chi connectivity index (χ3v) is 4.76. The highest BCUT2D eigenvalue weighted by Crippen LogP contribution is 2.24. The number of likely N-dealkylation sites (N-methyl/N-ethyl adjacent to an activating group) is 1. The smallest absolute Gasteiger partial charge is 0.243 e. The number of benzene rings is 1. The van der Waals surface area contributed by atoms with Gasteiger partial charge in [-0.15, -0.1) is 0 Å². The van der Waals surface area contributed by atoms with Crippen LogP contribution in [0.25, 0.3) is 0 Å². The van der Waals surface area contributed by atoms with Crippen molar-refractivity contribution in [3.05, 3.63) is 28.2 Å². The molecule has 0 spiro atoms. The quantitative estimate of drug-likeness (QED) is 0.750. The molecule has 0 atom stereocenters. The van der Waals surface area contributed by atoms with E-state index in [0.717, 1.165) is 4.31 Å². The highest BCUT2D eigenvalue weighted by molar-refractivity contribution is 7.89. The van der Waals surface area contributed by atoms with E-state index in [1.54, 1.807) is 0 Å². The normalized spacial score (nSPS) is 11.7. The lowest BCUT2D eigenvalue weighted by atomic mass is 10.4. The fraction of sp³-hybridized carbons (Fsp3) is 0.417. The molecular weight excluding hydrogens is 339 g/mol. The number of methoxy groups -OCH3 is 1. The fourth-order valence-electron chi connectivity index (χ4n) is 1.49. The van der Waals surface area contributed by atoms with Crippen molar-refractivity contribution in [3.63, 3.8) is 0 Å². The second kappa shape index (κ2) is 7.95. The molecular formula is C12H16Cl2N2O4S. The van der Waals surface area contributed by atoms with Crippen molar-refractivity contribution in [1.82, 2.24) is 9.62 Å². The Balaban J connectivity index is 2.80. The van der Waals surface area contributed by atoms with Crippen LogP contribution in [0, 0.1) is 0 Å². The fourth-order valence-corrected chi connectivity index (χ4v) is 3.35. The number of ether oxygens (including phenoxy) is 1. The Labute approximate surface area is 134 Å². The van der Waals surface area contributed by atoms with Gasteiger partial charge in [0.1, 0.15) is 0 Å². The van der Waals surface area contributed by atoms with E-state index < -0.39 is 15.9 Å². The van der Waals surface area contributed by atoms with Crippen molar-refractivity contribution < 1.29 is 17.9 Å². The third kappa shape index (κ3) is 5.44. The highest BCUT2D eigenvalue weighted by atomic mass is 35.5. The summed E-state index contributed by atoms with van der Waals surface area (Å²) in [4.78, 5) is 11.6. The number of hydrogen-bond acceptors (Lipinski definition) is 4. The molecule has 1 N–H and O–H groups in total. The molecule has 118 valence electrons. The van der Waals surface area contributed by atoms with Crippen LogP contribution in [0.5, 0.6) is 0 Å². The van der Waals surface area contributed by atoms with Gasteiger partial charge in [-0.1, -0.05) is 23.2 Å². The number of sulfonamides is 1. The van der Waals surface area contributed by atoms with Gasteiger partial charge >= 0.3 is 0 Å². The van der Waals surface area contributed by atoms with Crippen LogP contribution in [0.4, 0.5) is 0 Å². The first-order valence-electron chi connectivity index (χ1n) is 5.95. The van der Waals surface area contributed by atoms with E-state index in [-0.39, 0.29) is 21.5 Å². The van der Waals surface area contributed by atoms with E-state index in [1.165, 1.54) is 32.4 Å². The van der Waals surface area contributed by atoms with Gasteiger partial charge in [-0.2, -0.15) is 4.31 Å². The Morgan fingerprint density at radius 3 is 2.38 bits per heavy atom. The largest absolute Gasteiger partial charge is 0.383 e. The molecule has 0 unspecified atom stereocenters. The number of hydrogen-bond donors (Lipinski definition) is 1. The van der Waals surface area contributed by atoms with Gasteiger partial charge in [-0.3, -0.25) is 4.79 Å².